The van der Waals surface area contributed by atoms with Crippen molar-refractivity contribution in [1.29, 1.82) is 0 Å². The van der Waals surface area contributed by atoms with Gasteiger partial charge in [-0.2, -0.15) is 5.10 Å². The van der Waals surface area contributed by atoms with Gasteiger partial charge in [0.25, 0.3) is 0 Å². The van der Waals surface area contributed by atoms with E-state index in [2.05, 4.69) is 10.4 Å². The molecule has 1 heterocycles. The monoisotopic (exact) mass is 278 g/mol. The zero-order valence-corrected chi connectivity index (χ0v) is 11.2. The number of nitrogens with one attached hydrogen (secondary N) is 1. The van der Waals surface area contributed by atoms with Crippen LogP contribution in [0.15, 0.2) is 36.7 Å². The zero-order chi connectivity index (χ0) is 13.7. The minimum atomic E-state index is -0.343. The Morgan fingerprint density at radius 3 is 2.95 bits per heavy atom. The smallest absolute Gasteiger partial charge is 0.146 e. The number of nitrogens with zero attached hydrogens (tertiary/aromatic N) is 2. The minimum absolute atomic E-state index is 0.198. The number of aromatic nitrogens is 2. The summed E-state index contributed by atoms with van der Waals surface area (Å²) in [5, 5.41) is 7.14. The van der Waals surface area contributed by atoms with Crippen LogP contribution in [0.1, 0.15) is 12.0 Å². The van der Waals surface area contributed by atoms with Crippen molar-refractivity contribution in [2.24, 2.45) is 5.73 Å². The molecule has 0 spiro atoms. The third-order valence-corrected chi connectivity index (χ3v) is 2.93. The number of hydrogen-bond donors (Lipinski definition) is 2. The largest absolute Gasteiger partial charge is 0.389 e. The third kappa shape index (κ3) is 3.75. The van der Waals surface area contributed by atoms with Crippen molar-refractivity contribution in [3.8, 4) is 0 Å². The fraction of sp³-hybridized carbons (Fsp3) is 0.231. The molecule has 6 heteroatoms. The van der Waals surface area contributed by atoms with Crippen LogP contribution in [0.3, 0.4) is 0 Å². The van der Waals surface area contributed by atoms with Crippen LogP contribution in [-0.2, 0) is 6.54 Å². The first-order valence-electron chi connectivity index (χ1n) is 5.97. The number of anilines is 1. The molecule has 0 atom stereocenters. The Labute approximate surface area is 116 Å². The average Bonchev–Trinajstić information content (AvgIpc) is 2.89. The number of hydrogen-bond acceptors (Lipinski definition) is 3. The lowest BCUT2D eigenvalue weighted by Crippen LogP contribution is -2.11. The van der Waals surface area contributed by atoms with Gasteiger partial charge in [0.2, 0.25) is 0 Å². The van der Waals surface area contributed by atoms with E-state index >= 15 is 0 Å². The summed E-state index contributed by atoms with van der Waals surface area (Å²) in [5.41, 5.74) is 6.44. The van der Waals surface area contributed by atoms with Crippen LogP contribution in [-0.4, -0.2) is 21.3 Å². The van der Waals surface area contributed by atoms with Gasteiger partial charge in [-0.05, 0) is 30.7 Å². The molecule has 0 bridgehead atoms. The topological polar surface area (TPSA) is 55.9 Å². The normalized spacial score (nSPS) is 10.4. The second-order valence-electron chi connectivity index (χ2n) is 4.11. The number of thiocarbonyl (C=S) groups is 1. The zero-order valence-electron chi connectivity index (χ0n) is 10.3. The van der Waals surface area contributed by atoms with Crippen molar-refractivity contribution in [1.82, 2.24) is 9.78 Å². The summed E-state index contributed by atoms with van der Waals surface area (Å²) in [6.07, 6.45) is 4.50. The standard InChI is InChI=1S/C13H15FN4S/c14-11-9-10(13(15)19)3-4-12(11)16-5-1-7-18-8-2-6-17-18/h2-4,6,8-9,16H,1,5,7H2,(H2,15,19). The van der Waals surface area contributed by atoms with E-state index in [1.165, 1.54) is 6.07 Å². The Kier molecular flexibility index (Phi) is 4.46. The van der Waals surface area contributed by atoms with Crippen molar-refractivity contribution >= 4 is 22.9 Å². The molecule has 100 valence electrons. The van der Waals surface area contributed by atoms with E-state index in [0.717, 1.165) is 13.0 Å². The van der Waals surface area contributed by atoms with Gasteiger partial charge in [-0.25, -0.2) is 4.39 Å². The SMILES string of the molecule is NC(=S)c1ccc(NCCCn2cccn2)c(F)c1. The molecule has 2 rings (SSSR count). The second-order valence-corrected chi connectivity index (χ2v) is 4.55. The van der Waals surface area contributed by atoms with Crippen molar-refractivity contribution in [2.75, 3.05) is 11.9 Å². The first-order chi connectivity index (χ1) is 9.16. The minimum Gasteiger partial charge on any atom is -0.389 e. The van der Waals surface area contributed by atoms with Crippen LogP contribution < -0.4 is 11.1 Å². The molecule has 4 nitrogen and oxygen atoms in total. The number of aryl methyl sites for hydroxylation is 1. The Morgan fingerprint density at radius 2 is 2.32 bits per heavy atom. The molecule has 0 saturated heterocycles. The van der Waals surface area contributed by atoms with Crippen LogP contribution >= 0.6 is 12.2 Å². The highest BCUT2D eigenvalue weighted by Crippen LogP contribution is 2.15. The van der Waals surface area contributed by atoms with Crippen LogP contribution in [0.2, 0.25) is 0 Å². The Morgan fingerprint density at radius 1 is 1.47 bits per heavy atom. The fourth-order valence-corrected chi connectivity index (χ4v) is 1.84. The maximum atomic E-state index is 13.7. The molecule has 0 aliphatic rings. The molecular weight excluding hydrogens is 263 g/mol. The van der Waals surface area contributed by atoms with Crippen molar-refractivity contribution in [3.05, 3.63) is 48.0 Å². The Hall–Kier alpha value is -1.95. The molecule has 19 heavy (non-hydrogen) atoms. The highest BCUT2D eigenvalue weighted by molar-refractivity contribution is 7.80. The van der Waals surface area contributed by atoms with Crippen molar-refractivity contribution in [2.45, 2.75) is 13.0 Å². The lowest BCUT2D eigenvalue weighted by Gasteiger charge is -2.09. The van der Waals surface area contributed by atoms with Gasteiger partial charge in [-0.1, -0.05) is 12.2 Å². The predicted molar refractivity (Wildman–Crippen MR) is 77.6 cm³/mol. The lowest BCUT2D eigenvalue weighted by molar-refractivity contribution is 0.588. The molecule has 1 aromatic heterocycles. The molecule has 0 saturated carbocycles. The summed E-state index contributed by atoms with van der Waals surface area (Å²) in [7, 11) is 0. The number of rotatable bonds is 6. The van der Waals surface area contributed by atoms with E-state index in [1.54, 1.807) is 18.3 Å². The van der Waals surface area contributed by atoms with Gasteiger partial charge in [-0.15, -0.1) is 0 Å². The van der Waals surface area contributed by atoms with Crippen molar-refractivity contribution in [3.63, 3.8) is 0 Å². The lowest BCUT2D eigenvalue weighted by atomic mass is 10.2. The fourth-order valence-electron chi connectivity index (χ4n) is 1.71. The van der Waals surface area contributed by atoms with E-state index in [0.29, 0.717) is 17.8 Å². The van der Waals surface area contributed by atoms with E-state index in [4.69, 9.17) is 18.0 Å². The summed E-state index contributed by atoms with van der Waals surface area (Å²) < 4.78 is 15.6. The van der Waals surface area contributed by atoms with Gasteiger partial charge in [0, 0.05) is 31.0 Å². The average molecular weight is 278 g/mol. The van der Waals surface area contributed by atoms with E-state index in [9.17, 15) is 4.39 Å². The molecule has 2 aromatic rings. The first-order valence-corrected chi connectivity index (χ1v) is 6.38. The van der Waals surface area contributed by atoms with Crippen LogP contribution in [0, 0.1) is 5.82 Å². The van der Waals surface area contributed by atoms with Gasteiger partial charge >= 0.3 is 0 Å². The van der Waals surface area contributed by atoms with Gasteiger partial charge in [0.1, 0.15) is 10.8 Å². The summed E-state index contributed by atoms with van der Waals surface area (Å²) >= 11 is 4.80. The predicted octanol–water partition coefficient (Wildman–Crippen LogP) is 2.16. The summed E-state index contributed by atoms with van der Waals surface area (Å²) in [4.78, 5) is 0.198. The molecule has 3 N–H and O–H groups in total. The summed E-state index contributed by atoms with van der Waals surface area (Å²) in [6.45, 7) is 1.47. The highest BCUT2D eigenvalue weighted by Gasteiger charge is 2.04. The van der Waals surface area contributed by atoms with Gasteiger partial charge in [-0.3, -0.25) is 4.68 Å². The third-order valence-electron chi connectivity index (χ3n) is 2.69. The molecule has 1 aromatic carbocycles. The molecule has 0 aliphatic carbocycles. The molecule has 0 amide bonds. The van der Waals surface area contributed by atoms with Crippen LogP contribution in [0.5, 0.6) is 0 Å². The second kappa shape index (κ2) is 6.29. The quantitative estimate of drug-likeness (QED) is 0.628. The Balaban J connectivity index is 1.84. The number of halogens is 1. The maximum absolute atomic E-state index is 13.7. The van der Waals surface area contributed by atoms with Gasteiger partial charge < -0.3 is 11.1 Å². The maximum Gasteiger partial charge on any atom is 0.146 e. The van der Waals surface area contributed by atoms with E-state index < -0.39 is 0 Å². The van der Waals surface area contributed by atoms with Crippen LogP contribution in [0.25, 0.3) is 0 Å². The van der Waals surface area contributed by atoms with Gasteiger partial charge in [0.05, 0.1) is 5.69 Å². The molecular formula is C13H15FN4S. The summed E-state index contributed by atoms with van der Waals surface area (Å²) in [5.74, 6) is -0.343. The summed E-state index contributed by atoms with van der Waals surface area (Å²) in [6, 6.07) is 6.58. The highest BCUT2D eigenvalue weighted by atomic mass is 32.1. The molecule has 0 unspecified atom stereocenters. The van der Waals surface area contributed by atoms with Crippen molar-refractivity contribution < 1.29 is 4.39 Å². The Bertz CT molecular complexity index is 554. The van der Waals surface area contributed by atoms with E-state index in [-0.39, 0.29) is 10.8 Å². The molecule has 0 radical (unpaired) electrons. The molecule has 0 aliphatic heterocycles. The number of benzene rings is 1. The van der Waals surface area contributed by atoms with E-state index in [1.807, 2.05) is 16.9 Å². The van der Waals surface area contributed by atoms with Gasteiger partial charge in [0.15, 0.2) is 0 Å². The molecule has 0 fully saturated rings. The first kappa shape index (κ1) is 13.5. The number of nitrogens with two attached hydrogens (primary N) is 1. The van der Waals surface area contributed by atoms with Crippen LogP contribution in [0.4, 0.5) is 10.1 Å².